The first-order chi connectivity index (χ1) is 16.2. The van der Waals surface area contributed by atoms with Crippen LogP contribution in [0.3, 0.4) is 0 Å². The molecule has 1 fully saturated rings. The number of carbonyl (C=O) groups is 2. The highest BCUT2D eigenvalue weighted by Gasteiger charge is 2.17. The van der Waals surface area contributed by atoms with Crippen LogP contribution in [-0.2, 0) is 0 Å². The number of nitrogens with zero attached hydrogens (tertiary/aromatic N) is 1. The van der Waals surface area contributed by atoms with Gasteiger partial charge in [-0.2, -0.15) is 0 Å². The highest BCUT2D eigenvalue weighted by Crippen LogP contribution is 2.26. The average molecular weight is 439 g/mol. The van der Waals surface area contributed by atoms with Crippen LogP contribution in [0.5, 0.6) is 0 Å². The summed E-state index contributed by atoms with van der Waals surface area (Å²) in [6, 6.07) is 21.0. The maximum atomic E-state index is 12.7. The summed E-state index contributed by atoms with van der Waals surface area (Å²) in [5.74, 6) is -0.243. The van der Waals surface area contributed by atoms with Gasteiger partial charge in [-0.1, -0.05) is 37.5 Å². The number of H-pyrrole nitrogens is 1. The van der Waals surface area contributed by atoms with E-state index in [0.717, 1.165) is 35.0 Å². The van der Waals surface area contributed by atoms with Crippen molar-refractivity contribution in [3.05, 3.63) is 84.2 Å². The zero-order valence-electron chi connectivity index (χ0n) is 18.3. The summed E-state index contributed by atoms with van der Waals surface area (Å²) in [4.78, 5) is 32.5. The number of aromatic amines is 1. The van der Waals surface area contributed by atoms with Gasteiger partial charge in [-0.15, -0.1) is 0 Å². The molecule has 0 saturated heterocycles. The summed E-state index contributed by atoms with van der Waals surface area (Å²) in [7, 11) is 0. The van der Waals surface area contributed by atoms with Crippen LogP contribution in [0.4, 0.5) is 5.69 Å². The summed E-state index contributed by atoms with van der Waals surface area (Å²) >= 11 is 0. The number of amides is 2. The second-order valence-corrected chi connectivity index (χ2v) is 8.54. The van der Waals surface area contributed by atoms with Gasteiger partial charge in [0.2, 0.25) is 0 Å². The highest BCUT2D eigenvalue weighted by molar-refractivity contribution is 6.03. The first-order valence-corrected chi connectivity index (χ1v) is 11.4. The van der Waals surface area contributed by atoms with Crippen molar-refractivity contribution >= 4 is 28.4 Å². The van der Waals surface area contributed by atoms with Gasteiger partial charge in [0.1, 0.15) is 5.69 Å². The van der Waals surface area contributed by atoms with Crippen molar-refractivity contribution in [3.8, 4) is 11.3 Å². The second-order valence-electron chi connectivity index (χ2n) is 8.54. The number of hydrogen-bond acceptors (Lipinski definition) is 3. The first-order valence-electron chi connectivity index (χ1n) is 11.4. The summed E-state index contributed by atoms with van der Waals surface area (Å²) < 4.78 is 0. The smallest absolute Gasteiger partial charge is 0.274 e. The van der Waals surface area contributed by atoms with Crippen LogP contribution >= 0.6 is 0 Å². The molecule has 1 aliphatic carbocycles. The molecule has 6 nitrogen and oxygen atoms in total. The lowest BCUT2D eigenvalue weighted by Gasteiger charge is -2.22. The third-order valence-corrected chi connectivity index (χ3v) is 6.17. The zero-order valence-corrected chi connectivity index (χ0v) is 18.3. The SMILES string of the molecule is O=C(NC1CCCCC1)c1ccc2[nH]c(-c3ccc(NC(=O)c4ccccn4)cc3)cc2c1. The molecule has 166 valence electrons. The molecule has 4 aromatic rings. The number of aromatic nitrogens is 2. The fourth-order valence-corrected chi connectivity index (χ4v) is 4.37. The fraction of sp³-hybridized carbons (Fsp3) is 0.222. The Balaban J connectivity index is 1.29. The fourth-order valence-electron chi connectivity index (χ4n) is 4.37. The van der Waals surface area contributed by atoms with Crippen LogP contribution in [0.2, 0.25) is 0 Å². The van der Waals surface area contributed by atoms with Crippen molar-refractivity contribution in [2.75, 3.05) is 5.32 Å². The van der Waals surface area contributed by atoms with Gasteiger partial charge >= 0.3 is 0 Å². The van der Waals surface area contributed by atoms with Crippen LogP contribution in [-0.4, -0.2) is 27.8 Å². The van der Waals surface area contributed by atoms with E-state index in [1.807, 2.05) is 48.5 Å². The van der Waals surface area contributed by atoms with E-state index in [2.05, 4.69) is 20.6 Å². The summed E-state index contributed by atoms with van der Waals surface area (Å²) in [5, 5.41) is 7.04. The standard InChI is InChI=1S/C27H26N4O2/c32-26(29-21-6-2-1-3-7-21)19-11-14-23-20(16-19)17-25(31-23)18-9-12-22(13-10-18)30-27(33)24-8-4-5-15-28-24/h4-5,8-17,21,31H,1-3,6-7H2,(H,29,32)(H,30,33). The number of anilines is 1. The van der Waals surface area contributed by atoms with Gasteiger partial charge in [-0.05, 0) is 66.9 Å². The van der Waals surface area contributed by atoms with Gasteiger partial charge in [-0.3, -0.25) is 14.6 Å². The van der Waals surface area contributed by atoms with Gasteiger partial charge in [0.05, 0.1) is 0 Å². The van der Waals surface area contributed by atoms with Crippen molar-refractivity contribution in [2.45, 2.75) is 38.1 Å². The molecule has 6 heteroatoms. The molecule has 0 unspecified atom stereocenters. The minimum Gasteiger partial charge on any atom is -0.355 e. The third kappa shape index (κ3) is 4.80. The molecule has 0 aliphatic heterocycles. The van der Waals surface area contributed by atoms with Crippen LogP contribution < -0.4 is 10.6 Å². The number of pyridine rings is 1. The third-order valence-electron chi connectivity index (χ3n) is 6.17. The van der Waals surface area contributed by atoms with Gasteiger partial charge in [-0.25, -0.2) is 0 Å². The molecule has 2 aromatic heterocycles. The molecule has 0 spiro atoms. The monoisotopic (exact) mass is 438 g/mol. The predicted octanol–water partition coefficient (Wildman–Crippen LogP) is 5.54. The molecule has 0 atom stereocenters. The molecular formula is C27H26N4O2. The van der Waals surface area contributed by atoms with Crippen molar-refractivity contribution in [2.24, 2.45) is 0 Å². The van der Waals surface area contributed by atoms with Gasteiger partial charge < -0.3 is 15.6 Å². The lowest BCUT2D eigenvalue weighted by Crippen LogP contribution is -2.36. The minimum absolute atomic E-state index is 0.000416. The lowest BCUT2D eigenvalue weighted by molar-refractivity contribution is 0.0927. The number of hydrogen-bond donors (Lipinski definition) is 3. The van der Waals surface area contributed by atoms with Crippen LogP contribution in [0.15, 0.2) is 72.9 Å². The Morgan fingerprint density at radius 3 is 2.45 bits per heavy atom. The molecule has 3 N–H and O–H groups in total. The molecule has 1 saturated carbocycles. The van der Waals surface area contributed by atoms with E-state index < -0.39 is 0 Å². The maximum absolute atomic E-state index is 12.7. The molecule has 5 rings (SSSR count). The lowest BCUT2D eigenvalue weighted by atomic mass is 9.95. The zero-order chi connectivity index (χ0) is 22.6. The summed E-state index contributed by atoms with van der Waals surface area (Å²) in [6.45, 7) is 0. The molecule has 1 aliphatic rings. The van der Waals surface area contributed by atoms with Gasteiger partial charge in [0, 0.05) is 40.1 Å². The van der Waals surface area contributed by atoms with Crippen molar-refractivity contribution in [3.63, 3.8) is 0 Å². The average Bonchev–Trinajstić information content (AvgIpc) is 3.29. The number of carbonyl (C=O) groups excluding carboxylic acids is 2. The van der Waals surface area contributed by atoms with Crippen LogP contribution in [0.25, 0.3) is 22.2 Å². The number of rotatable bonds is 5. The van der Waals surface area contributed by atoms with E-state index in [-0.39, 0.29) is 11.8 Å². The minimum atomic E-state index is -0.243. The summed E-state index contributed by atoms with van der Waals surface area (Å²) in [5.41, 5.74) is 4.69. The highest BCUT2D eigenvalue weighted by atomic mass is 16.2. The molecule has 33 heavy (non-hydrogen) atoms. The molecule has 0 bridgehead atoms. The molecular weight excluding hydrogens is 412 g/mol. The number of nitrogens with one attached hydrogen (secondary N) is 3. The quantitative estimate of drug-likeness (QED) is 0.382. The topological polar surface area (TPSA) is 86.9 Å². The Hall–Kier alpha value is -3.93. The Bertz CT molecular complexity index is 1270. The summed E-state index contributed by atoms with van der Waals surface area (Å²) in [6.07, 6.45) is 7.38. The second kappa shape index (κ2) is 9.28. The Labute approximate surface area is 192 Å². The van der Waals surface area contributed by atoms with Crippen molar-refractivity contribution in [1.82, 2.24) is 15.3 Å². The molecule has 2 aromatic carbocycles. The van der Waals surface area contributed by atoms with Crippen molar-refractivity contribution in [1.29, 1.82) is 0 Å². The largest absolute Gasteiger partial charge is 0.355 e. The normalized spacial score (nSPS) is 14.2. The maximum Gasteiger partial charge on any atom is 0.274 e. The van der Waals surface area contributed by atoms with Crippen molar-refractivity contribution < 1.29 is 9.59 Å². The Morgan fingerprint density at radius 2 is 1.70 bits per heavy atom. The van der Waals surface area contributed by atoms with E-state index in [4.69, 9.17) is 0 Å². The van der Waals surface area contributed by atoms with E-state index in [1.54, 1.807) is 24.4 Å². The van der Waals surface area contributed by atoms with E-state index in [1.165, 1.54) is 19.3 Å². The Kier molecular flexibility index (Phi) is 5.89. The van der Waals surface area contributed by atoms with Gasteiger partial charge in [0.15, 0.2) is 0 Å². The molecule has 0 radical (unpaired) electrons. The predicted molar refractivity (Wildman–Crippen MR) is 130 cm³/mol. The Morgan fingerprint density at radius 1 is 0.879 bits per heavy atom. The number of fused-ring (bicyclic) bond motifs is 1. The number of benzene rings is 2. The van der Waals surface area contributed by atoms with Crippen LogP contribution in [0.1, 0.15) is 53.0 Å². The van der Waals surface area contributed by atoms with E-state index >= 15 is 0 Å². The van der Waals surface area contributed by atoms with E-state index in [0.29, 0.717) is 23.0 Å². The van der Waals surface area contributed by atoms with Gasteiger partial charge in [0.25, 0.3) is 11.8 Å². The van der Waals surface area contributed by atoms with Crippen LogP contribution in [0, 0.1) is 0 Å². The molecule has 2 heterocycles. The molecule has 2 amide bonds. The first kappa shape index (κ1) is 20.9. The van der Waals surface area contributed by atoms with E-state index in [9.17, 15) is 9.59 Å².